The molecule has 0 saturated heterocycles. The van der Waals surface area contributed by atoms with Crippen molar-refractivity contribution in [1.82, 2.24) is 0 Å². The summed E-state index contributed by atoms with van der Waals surface area (Å²) in [6.07, 6.45) is -3.20. The predicted octanol–water partition coefficient (Wildman–Crippen LogP) is -1.72. The summed E-state index contributed by atoms with van der Waals surface area (Å²) >= 11 is 0. The molecule has 140 valence electrons. The number of aliphatic carboxylic acids is 4. The highest BCUT2D eigenvalue weighted by Crippen LogP contribution is 2.15. The molecule has 0 radical (unpaired) electrons. The van der Waals surface area contributed by atoms with Gasteiger partial charge in [0.15, 0.2) is 5.60 Å². The van der Waals surface area contributed by atoms with Crippen molar-refractivity contribution in [2.75, 3.05) is 27.7 Å². The third-order valence-corrected chi connectivity index (χ3v) is 2.45. The molecule has 0 saturated carbocycles. The third kappa shape index (κ3) is 13.4. The van der Waals surface area contributed by atoms with Gasteiger partial charge in [0.25, 0.3) is 0 Å². The fourth-order valence-electron chi connectivity index (χ4n) is 1.61. The average molecular weight is 354 g/mol. The quantitative estimate of drug-likeness (QED) is 0.260. The molecule has 0 aliphatic heterocycles. The van der Waals surface area contributed by atoms with Gasteiger partial charge in [0.1, 0.15) is 12.6 Å². The Bertz CT molecular complexity index is 452. The summed E-state index contributed by atoms with van der Waals surface area (Å²) in [6.45, 7) is 0.465. The van der Waals surface area contributed by atoms with Crippen molar-refractivity contribution >= 4 is 23.9 Å². The Morgan fingerprint density at radius 1 is 0.875 bits per heavy atom. The Morgan fingerprint density at radius 3 is 1.46 bits per heavy atom. The molecule has 24 heavy (non-hydrogen) atoms. The van der Waals surface area contributed by atoms with Crippen LogP contribution in [0.5, 0.6) is 0 Å². The van der Waals surface area contributed by atoms with Gasteiger partial charge in [-0.2, -0.15) is 0 Å². The molecule has 0 aliphatic rings. The van der Waals surface area contributed by atoms with Crippen LogP contribution >= 0.6 is 0 Å². The van der Waals surface area contributed by atoms with Gasteiger partial charge >= 0.3 is 23.9 Å². The summed E-state index contributed by atoms with van der Waals surface area (Å²) < 4.78 is 0.578. The van der Waals surface area contributed by atoms with Crippen LogP contribution in [-0.4, -0.2) is 98.4 Å². The van der Waals surface area contributed by atoms with Crippen molar-refractivity contribution in [1.29, 1.82) is 0 Å². The summed E-state index contributed by atoms with van der Waals surface area (Å²) in [7, 11) is 5.72. The molecule has 1 unspecified atom stereocenters. The molecule has 6 N–H and O–H groups in total. The van der Waals surface area contributed by atoms with Gasteiger partial charge in [-0.1, -0.05) is 0 Å². The van der Waals surface area contributed by atoms with Crippen molar-refractivity contribution in [3.63, 3.8) is 0 Å². The van der Waals surface area contributed by atoms with Crippen LogP contribution in [0.25, 0.3) is 0 Å². The molecule has 0 aromatic heterocycles. The number of carboxylic acids is 4. The minimum atomic E-state index is -2.74. The van der Waals surface area contributed by atoms with Crippen LogP contribution in [0.4, 0.5) is 0 Å². The summed E-state index contributed by atoms with van der Waals surface area (Å²) in [5.41, 5.74) is -2.74. The van der Waals surface area contributed by atoms with E-state index in [9.17, 15) is 19.2 Å². The summed E-state index contributed by atoms with van der Waals surface area (Å²) in [6, 6.07) is 0. The first kappa shape index (κ1) is 24.0. The first-order valence-electron chi connectivity index (χ1n) is 6.68. The number of carbonyl (C=O) groups is 4. The lowest BCUT2D eigenvalue weighted by atomic mass is 9.96. The normalized spacial score (nSPS) is 12.5. The molecule has 0 spiro atoms. The van der Waals surface area contributed by atoms with Crippen molar-refractivity contribution in [3.8, 4) is 0 Å². The van der Waals surface area contributed by atoms with Gasteiger partial charge in [-0.05, 0) is 0 Å². The van der Waals surface area contributed by atoms with E-state index in [1.807, 2.05) is 21.1 Å². The molecule has 0 rings (SSSR count). The second kappa shape index (κ2) is 9.80. The van der Waals surface area contributed by atoms with Crippen molar-refractivity contribution in [2.24, 2.45) is 0 Å². The molecule has 0 aromatic carbocycles. The molecule has 0 aliphatic carbocycles. The van der Waals surface area contributed by atoms with E-state index >= 15 is 0 Å². The molecular formula is C13H24NO10+. The third-order valence-electron chi connectivity index (χ3n) is 2.45. The predicted molar refractivity (Wildman–Crippen MR) is 78.3 cm³/mol. The van der Waals surface area contributed by atoms with Gasteiger partial charge in [0, 0.05) is 0 Å². The van der Waals surface area contributed by atoms with E-state index in [0.29, 0.717) is 11.0 Å². The summed E-state index contributed by atoms with van der Waals surface area (Å²) in [4.78, 5) is 40.6. The average Bonchev–Trinajstić information content (AvgIpc) is 2.22. The van der Waals surface area contributed by atoms with Gasteiger partial charge < -0.3 is 35.1 Å². The lowest BCUT2D eigenvalue weighted by Gasteiger charge is -2.25. The number of hydrogen-bond acceptors (Lipinski definition) is 6. The van der Waals surface area contributed by atoms with Crippen molar-refractivity contribution in [3.05, 3.63) is 0 Å². The minimum Gasteiger partial charge on any atom is -0.481 e. The van der Waals surface area contributed by atoms with E-state index in [4.69, 9.17) is 30.6 Å². The second-order valence-corrected chi connectivity index (χ2v) is 6.20. The number of aliphatic hydroxyl groups excluding tert-OH is 1. The number of quaternary nitrogens is 1. The largest absolute Gasteiger partial charge is 0.481 e. The zero-order valence-corrected chi connectivity index (χ0v) is 13.7. The van der Waals surface area contributed by atoms with Crippen LogP contribution in [0, 0.1) is 0 Å². The van der Waals surface area contributed by atoms with Gasteiger partial charge in [-0.3, -0.25) is 14.4 Å². The molecule has 0 heterocycles. The van der Waals surface area contributed by atoms with Crippen molar-refractivity contribution in [2.45, 2.75) is 31.0 Å². The molecule has 11 heteroatoms. The topological polar surface area (TPSA) is 190 Å². The fourth-order valence-corrected chi connectivity index (χ4v) is 1.61. The Balaban J connectivity index is 0. The summed E-state index contributed by atoms with van der Waals surface area (Å²) in [5, 5.41) is 51.3. The van der Waals surface area contributed by atoms with Gasteiger partial charge in [0.2, 0.25) is 0 Å². The highest BCUT2D eigenvalue weighted by molar-refractivity contribution is 5.88. The van der Waals surface area contributed by atoms with Crippen LogP contribution in [0.15, 0.2) is 0 Å². The monoisotopic (exact) mass is 354 g/mol. The smallest absolute Gasteiger partial charge is 0.336 e. The van der Waals surface area contributed by atoms with E-state index in [0.717, 1.165) is 0 Å². The van der Waals surface area contributed by atoms with Crippen LogP contribution < -0.4 is 0 Å². The van der Waals surface area contributed by atoms with Crippen LogP contribution in [0.3, 0.4) is 0 Å². The lowest BCUT2D eigenvalue weighted by molar-refractivity contribution is -0.873. The lowest BCUT2D eigenvalue weighted by Crippen LogP contribution is -2.42. The Hall–Kier alpha value is -2.24. The van der Waals surface area contributed by atoms with E-state index in [-0.39, 0.29) is 6.42 Å². The Kier molecular flexibility index (Phi) is 9.81. The number of rotatable bonds is 9. The van der Waals surface area contributed by atoms with E-state index in [1.165, 1.54) is 0 Å². The fraction of sp³-hybridized carbons (Fsp3) is 0.692. The summed E-state index contributed by atoms with van der Waals surface area (Å²) in [5.74, 6) is -5.97. The van der Waals surface area contributed by atoms with Crippen LogP contribution in [0.1, 0.15) is 19.3 Å². The van der Waals surface area contributed by atoms with E-state index in [2.05, 4.69) is 0 Å². The highest BCUT2D eigenvalue weighted by atomic mass is 16.4. The number of aliphatic hydroxyl groups is 2. The van der Waals surface area contributed by atoms with Gasteiger partial charge in [0.05, 0.1) is 40.4 Å². The SMILES string of the molecule is C[N+](C)(C)CC(O)CC(=O)O.O=C(O)CC(O)(CC(=O)O)C(=O)O. The van der Waals surface area contributed by atoms with Crippen LogP contribution in [0.2, 0.25) is 0 Å². The number of nitrogens with zero attached hydrogens (tertiary/aromatic N) is 1. The maximum absolute atomic E-state index is 10.3. The maximum Gasteiger partial charge on any atom is 0.336 e. The highest BCUT2D eigenvalue weighted by Gasteiger charge is 2.40. The van der Waals surface area contributed by atoms with E-state index in [1.54, 1.807) is 0 Å². The Morgan fingerprint density at radius 2 is 1.25 bits per heavy atom. The van der Waals surface area contributed by atoms with Gasteiger partial charge in [-0.25, -0.2) is 4.79 Å². The molecule has 0 aromatic rings. The standard InChI is InChI=1S/C7H15NO3.C6H8O7/c1-8(2,3)5-6(9)4-7(10)11;7-3(8)1-6(13,5(11)12)2-4(9)10/h6,9H,4-5H2,1-3H3;13H,1-2H2,(H,7,8)(H,9,10)(H,11,12)/p+1. The number of likely N-dealkylation sites (N-methyl/N-ethyl adjacent to an activating group) is 1. The first-order chi connectivity index (χ1) is 10.6. The number of hydrogen-bond donors (Lipinski definition) is 6. The van der Waals surface area contributed by atoms with E-state index < -0.39 is 48.4 Å². The first-order valence-corrected chi connectivity index (χ1v) is 6.68. The van der Waals surface area contributed by atoms with Crippen LogP contribution in [-0.2, 0) is 19.2 Å². The zero-order chi connectivity index (χ0) is 19.7. The molecule has 11 nitrogen and oxygen atoms in total. The van der Waals surface area contributed by atoms with Gasteiger partial charge in [-0.15, -0.1) is 0 Å². The van der Waals surface area contributed by atoms with Crippen molar-refractivity contribution < 1.29 is 54.3 Å². The second-order valence-electron chi connectivity index (χ2n) is 6.20. The minimum absolute atomic E-state index is 0.171. The molecule has 1 atom stereocenters. The molecular weight excluding hydrogens is 330 g/mol. The Labute approximate surface area is 138 Å². The molecule has 0 amide bonds. The zero-order valence-electron chi connectivity index (χ0n) is 13.7. The maximum atomic E-state index is 10.3. The number of carboxylic acid groups (broad SMARTS) is 4. The molecule has 0 fully saturated rings. The molecule has 0 bridgehead atoms.